The molecular weight excluding hydrogens is 271 g/mol. The molecule has 0 spiro atoms. The third kappa shape index (κ3) is 3.16. The van der Waals surface area contributed by atoms with Gasteiger partial charge in [-0.25, -0.2) is 0 Å². The fourth-order valence-electron chi connectivity index (χ4n) is 1.96. The molecular formula is C13H18Cl2N2O. The van der Waals surface area contributed by atoms with Crippen LogP contribution < -0.4 is 11.1 Å². The van der Waals surface area contributed by atoms with E-state index in [2.05, 4.69) is 5.32 Å². The Morgan fingerprint density at radius 1 is 1.39 bits per heavy atom. The molecule has 0 bridgehead atoms. The molecule has 3 N–H and O–H groups in total. The minimum Gasteiger partial charge on any atom is -0.348 e. The fourth-order valence-corrected chi connectivity index (χ4v) is 2.09. The van der Waals surface area contributed by atoms with Crippen LogP contribution >= 0.6 is 24.0 Å². The summed E-state index contributed by atoms with van der Waals surface area (Å²) in [4.78, 5) is 11.9. The number of nitrogens with two attached hydrogens (primary N) is 1. The average molecular weight is 289 g/mol. The average Bonchev–Trinajstić information content (AvgIpc) is 2.26. The molecule has 0 aromatic heterocycles. The third-order valence-electron chi connectivity index (χ3n) is 3.42. The van der Waals surface area contributed by atoms with Crippen molar-refractivity contribution >= 4 is 29.9 Å². The van der Waals surface area contributed by atoms with Gasteiger partial charge in [0.15, 0.2) is 0 Å². The molecule has 1 atom stereocenters. The molecule has 0 saturated heterocycles. The number of nitrogens with one attached hydrogen (secondary N) is 1. The molecule has 100 valence electrons. The largest absolute Gasteiger partial charge is 0.348 e. The van der Waals surface area contributed by atoms with Gasteiger partial charge in [-0.3, -0.25) is 4.79 Å². The Bertz CT molecular complexity index is 416. The van der Waals surface area contributed by atoms with Crippen molar-refractivity contribution in [1.82, 2.24) is 5.32 Å². The number of benzene rings is 1. The van der Waals surface area contributed by atoms with E-state index < -0.39 is 5.54 Å². The minimum atomic E-state index is -0.638. The second-order valence-electron chi connectivity index (χ2n) is 4.76. The van der Waals surface area contributed by atoms with Crippen molar-refractivity contribution in [2.75, 3.05) is 0 Å². The van der Waals surface area contributed by atoms with Crippen LogP contribution in [0.15, 0.2) is 24.3 Å². The highest BCUT2D eigenvalue weighted by atomic mass is 35.5. The van der Waals surface area contributed by atoms with Gasteiger partial charge in [0.1, 0.15) is 0 Å². The Hall–Kier alpha value is -0.770. The zero-order valence-electron chi connectivity index (χ0n) is 10.3. The summed E-state index contributed by atoms with van der Waals surface area (Å²) in [7, 11) is 0. The van der Waals surface area contributed by atoms with Crippen molar-refractivity contribution in [3.8, 4) is 0 Å². The van der Waals surface area contributed by atoms with Crippen LogP contribution in [0, 0.1) is 0 Å². The maximum absolute atomic E-state index is 11.9. The van der Waals surface area contributed by atoms with E-state index in [9.17, 15) is 4.79 Å². The van der Waals surface area contributed by atoms with Crippen LogP contribution in [0.1, 0.15) is 37.8 Å². The van der Waals surface area contributed by atoms with Gasteiger partial charge in [-0.05, 0) is 43.9 Å². The molecule has 18 heavy (non-hydrogen) atoms. The molecule has 0 radical (unpaired) electrons. The maximum Gasteiger partial charge on any atom is 0.240 e. The molecule has 2 rings (SSSR count). The van der Waals surface area contributed by atoms with E-state index in [-0.39, 0.29) is 24.4 Å². The van der Waals surface area contributed by atoms with Crippen LogP contribution in [0.3, 0.4) is 0 Å². The lowest BCUT2D eigenvalue weighted by atomic mass is 9.77. The van der Waals surface area contributed by atoms with Crippen molar-refractivity contribution < 1.29 is 4.79 Å². The van der Waals surface area contributed by atoms with Crippen LogP contribution in [0.4, 0.5) is 0 Å². The van der Waals surface area contributed by atoms with Crippen molar-refractivity contribution in [2.24, 2.45) is 5.73 Å². The van der Waals surface area contributed by atoms with E-state index in [1.54, 1.807) is 0 Å². The molecule has 1 fully saturated rings. The molecule has 1 unspecified atom stereocenters. The minimum absolute atomic E-state index is 0. The van der Waals surface area contributed by atoms with Gasteiger partial charge < -0.3 is 11.1 Å². The summed E-state index contributed by atoms with van der Waals surface area (Å²) in [6.45, 7) is 1.95. The Morgan fingerprint density at radius 3 is 2.39 bits per heavy atom. The second-order valence-corrected chi connectivity index (χ2v) is 5.19. The summed E-state index contributed by atoms with van der Waals surface area (Å²) < 4.78 is 0. The maximum atomic E-state index is 11.9. The number of carbonyl (C=O) groups excluding carboxylic acids is 1. The van der Waals surface area contributed by atoms with Gasteiger partial charge in [0.05, 0.1) is 11.6 Å². The summed E-state index contributed by atoms with van der Waals surface area (Å²) in [5.41, 5.74) is 6.36. The standard InChI is InChI=1S/C13H17ClN2O.ClH/c1-9(10-3-5-11(14)6-4-10)16-12(17)13(15)7-2-8-13;/h3-6,9H,2,7-8,15H2,1H3,(H,16,17);1H. The van der Waals surface area contributed by atoms with Crippen molar-refractivity contribution in [1.29, 1.82) is 0 Å². The van der Waals surface area contributed by atoms with E-state index in [1.807, 2.05) is 31.2 Å². The molecule has 1 saturated carbocycles. The molecule has 1 aromatic carbocycles. The lowest BCUT2D eigenvalue weighted by Crippen LogP contribution is -2.58. The summed E-state index contributed by atoms with van der Waals surface area (Å²) in [6.07, 6.45) is 2.61. The SMILES string of the molecule is CC(NC(=O)C1(N)CCC1)c1ccc(Cl)cc1.Cl. The monoisotopic (exact) mass is 288 g/mol. The van der Waals surface area contributed by atoms with E-state index >= 15 is 0 Å². The van der Waals surface area contributed by atoms with Crippen molar-refractivity contribution in [2.45, 2.75) is 37.8 Å². The molecule has 5 heteroatoms. The van der Waals surface area contributed by atoms with Crippen LogP contribution in [-0.2, 0) is 4.79 Å². The van der Waals surface area contributed by atoms with Crippen LogP contribution in [0.25, 0.3) is 0 Å². The zero-order chi connectivity index (χ0) is 12.5. The van der Waals surface area contributed by atoms with Gasteiger partial charge in [-0.1, -0.05) is 23.7 Å². The third-order valence-corrected chi connectivity index (χ3v) is 3.67. The fraction of sp³-hybridized carbons (Fsp3) is 0.462. The summed E-state index contributed by atoms with van der Waals surface area (Å²) >= 11 is 5.82. The molecule has 1 aromatic rings. The summed E-state index contributed by atoms with van der Waals surface area (Å²) in [5.74, 6) is -0.0498. The first-order chi connectivity index (χ1) is 8.01. The highest BCUT2D eigenvalue weighted by Crippen LogP contribution is 2.30. The predicted octanol–water partition coefficient (Wildman–Crippen LogP) is 2.82. The summed E-state index contributed by atoms with van der Waals surface area (Å²) in [6, 6.07) is 7.43. The van der Waals surface area contributed by atoms with E-state index in [1.165, 1.54) is 0 Å². The molecule has 0 aliphatic heterocycles. The number of halogens is 2. The lowest BCUT2D eigenvalue weighted by Gasteiger charge is -2.37. The molecule has 1 aliphatic rings. The lowest BCUT2D eigenvalue weighted by molar-refractivity contribution is -0.129. The van der Waals surface area contributed by atoms with Crippen molar-refractivity contribution in [3.05, 3.63) is 34.9 Å². The highest BCUT2D eigenvalue weighted by Gasteiger charge is 2.40. The smallest absolute Gasteiger partial charge is 0.240 e. The molecule has 1 amide bonds. The topological polar surface area (TPSA) is 55.1 Å². The van der Waals surface area contributed by atoms with Gasteiger partial charge >= 0.3 is 0 Å². The number of amides is 1. The van der Waals surface area contributed by atoms with Gasteiger partial charge in [-0.2, -0.15) is 0 Å². The highest BCUT2D eigenvalue weighted by molar-refractivity contribution is 6.30. The Labute approximate surface area is 118 Å². The molecule has 0 heterocycles. The van der Waals surface area contributed by atoms with Crippen LogP contribution in [-0.4, -0.2) is 11.4 Å². The number of hydrogen-bond acceptors (Lipinski definition) is 2. The second kappa shape index (κ2) is 5.91. The first-order valence-corrected chi connectivity index (χ1v) is 6.24. The van der Waals surface area contributed by atoms with Gasteiger partial charge in [-0.15, -0.1) is 12.4 Å². The zero-order valence-corrected chi connectivity index (χ0v) is 11.9. The predicted molar refractivity (Wildman–Crippen MR) is 76.0 cm³/mol. The van der Waals surface area contributed by atoms with E-state index in [0.29, 0.717) is 5.02 Å². The Morgan fingerprint density at radius 2 is 1.94 bits per heavy atom. The Kier molecular flexibility index (Phi) is 5.02. The first kappa shape index (κ1) is 15.3. The van der Waals surface area contributed by atoms with Gasteiger partial charge in [0.2, 0.25) is 5.91 Å². The van der Waals surface area contributed by atoms with Gasteiger partial charge in [0.25, 0.3) is 0 Å². The summed E-state index contributed by atoms with van der Waals surface area (Å²) in [5, 5.41) is 3.65. The molecule has 1 aliphatic carbocycles. The van der Waals surface area contributed by atoms with Gasteiger partial charge in [0, 0.05) is 5.02 Å². The normalized spacial score (nSPS) is 18.2. The molecule has 3 nitrogen and oxygen atoms in total. The number of carbonyl (C=O) groups is 1. The van der Waals surface area contributed by atoms with Crippen LogP contribution in [0.5, 0.6) is 0 Å². The van der Waals surface area contributed by atoms with Crippen LogP contribution in [0.2, 0.25) is 5.02 Å². The van der Waals surface area contributed by atoms with E-state index in [0.717, 1.165) is 24.8 Å². The number of hydrogen-bond donors (Lipinski definition) is 2. The number of rotatable bonds is 3. The van der Waals surface area contributed by atoms with E-state index in [4.69, 9.17) is 17.3 Å². The first-order valence-electron chi connectivity index (χ1n) is 5.86. The quantitative estimate of drug-likeness (QED) is 0.899. The van der Waals surface area contributed by atoms with Crippen molar-refractivity contribution in [3.63, 3.8) is 0 Å². The Balaban J connectivity index is 0.00000162.